The first kappa shape index (κ1) is 9.57. The van der Waals surface area contributed by atoms with Crippen molar-refractivity contribution in [1.29, 1.82) is 0 Å². The van der Waals surface area contributed by atoms with E-state index in [1.807, 2.05) is 13.0 Å². The molecule has 0 unspecified atom stereocenters. The van der Waals surface area contributed by atoms with E-state index < -0.39 is 0 Å². The molecule has 0 bridgehead atoms. The summed E-state index contributed by atoms with van der Waals surface area (Å²) in [5.74, 6) is 1.54. The molecule has 0 aromatic heterocycles. The number of halogens is 1. The van der Waals surface area contributed by atoms with Crippen LogP contribution < -0.4 is 0 Å². The van der Waals surface area contributed by atoms with Gasteiger partial charge >= 0.3 is 0 Å². The molecule has 0 fully saturated rings. The number of allylic oxidation sites excluding steroid dienone is 3. The SMILES string of the molecule is C=C/C=C(\C)OCCCCl. The van der Waals surface area contributed by atoms with Crippen molar-refractivity contribution < 1.29 is 4.74 Å². The largest absolute Gasteiger partial charge is 0.498 e. The third kappa shape index (κ3) is 5.70. The third-order valence-corrected chi connectivity index (χ3v) is 1.23. The quantitative estimate of drug-likeness (QED) is 0.260. The maximum absolute atomic E-state index is 5.44. The Hall–Kier alpha value is -0.430. The van der Waals surface area contributed by atoms with Crippen LogP contribution in [0.15, 0.2) is 24.5 Å². The summed E-state index contributed by atoms with van der Waals surface area (Å²) in [7, 11) is 0. The molecule has 0 aliphatic rings. The van der Waals surface area contributed by atoms with Crippen LogP contribution in [0.4, 0.5) is 0 Å². The van der Waals surface area contributed by atoms with Crippen LogP contribution in [0.3, 0.4) is 0 Å². The summed E-state index contributed by atoms with van der Waals surface area (Å²) in [6, 6.07) is 0. The maximum atomic E-state index is 5.44. The van der Waals surface area contributed by atoms with Gasteiger partial charge in [-0.3, -0.25) is 0 Å². The first-order chi connectivity index (χ1) is 4.81. The third-order valence-electron chi connectivity index (χ3n) is 0.960. The van der Waals surface area contributed by atoms with Gasteiger partial charge < -0.3 is 4.74 Å². The van der Waals surface area contributed by atoms with Gasteiger partial charge in [-0.05, 0) is 19.4 Å². The topological polar surface area (TPSA) is 9.23 Å². The molecule has 0 saturated heterocycles. The summed E-state index contributed by atoms with van der Waals surface area (Å²) in [6.45, 7) is 6.14. The molecule has 0 atom stereocenters. The van der Waals surface area contributed by atoms with Crippen LogP contribution in [-0.2, 0) is 4.74 Å². The first-order valence-corrected chi connectivity index (χ1v) is 3.82. The average Bonchev–Trinajstić information content (AvgIpc) is 1.89. The average molecular weight is 161 g/mol. The molecule has 0 radical (unpaired) electrons. The van der Waals surface area contributed by atoms with Gasteiger partial charge in [0.05, 0.1) is 12.4 Å². The van der Waals surface area contributed by atoms with E-state index in [-0.39, 0.29) is 0 Å². The fraction of sp³-hybridized carbons (Fsp3) is 0.500. The maximum Gasteiger partial charge on any atom is 0.0928 e. The second kappa shape index (κ2) is 6.69. The second-order valence-corrected chi connectivity index (χ2v) is 2.28. The number of hydrogen-bond donors (Lipinski definition) is 0. The summed E-state index contributed by atoms with van der Waals surface area (Å²) in [5, 5.41) is 0. The molecule has 2 heteroatoms. The van der Waals surface area contributed by atoms with Gasteiger partial charge in [-0.2, -0.15) is 0 Å². The van der Waals surface area contributed by atoms with Gasteiger partial charge in [-0.1, -0.05) is 12.7 Å². The molecule has 58 valence electrons. The summed E-state index contributed by atoms with van der Waals surface area (Å²) in [6.07, 6.45) is 4.42. The normalized spacial score (nSPS) is 11.2. The molecule has 0 heterocycles. The van der Waals surface area contributed by atoms with Gasteiger partial charge in [0.1, 0.15) is 0 Å². The molecule has 0 aliphatic heterocycles. The summed E-state index contributed by atoms with van der Waals surface area (Å²) in [4.78, 5) is 0. The van der Waals surface area contributed by atoms with Crippen LogP contribution in [0, 0.1) is 0 Å². The Morgan fingerprint density at radius 1 is 1.70 bits per heavy atom. The number of alkyl halides is 1. The van der Waals surface area contributed by atoms with Crippen LogP contribution in [0.2, 0.25) is 0 Å². The van der Waals surface area contributed by atoms with Crippen LogP contribution in [0.5, 0.6) is 0 Å². The van der Waals surface area contributed by atoms with Crippen molar-refractivity contribution in [2.75, 3.05) is 12.5 Å². The molecule has 0 rings (SSSR count). The standard InChI is InChI=1S/C8H13ClO/c1-3-5-8(2)10-7-4-6-9/h3,5H,1,4,6-7H2,2H3/b8-5+. The molecule has 0 N–H and O–H groups in total. The van der Waals surface area contributed by atoms with Gasteiger partial charge in [-0.15, -0.1) is 11.6 Å². The van der Waals surface area contributed by atoms with Crippen LogP contribution in [0.1, 0.15) is 13.3 Å². The van der Waals surface area contributed by atoms with Crippen molar-refractivity contribution in [2.45, 2.75) is 13.3 Å². The predicted molar refractivity (Wildman–Crippen MR) is 45.2 cm³/mol. The molecule has 0 aromatic rings. The predicted octanol–water partition coefficient (Wildman–Crippen LogP) is 2.72. The highest BCUT2D eigenvalue weighted by atomic mass is 35.5. The van der Waals surface area contributed by atoms with Gasteiger partial charge in [-0.25, -0.2) is 0 Å². The Balaban J connectivity index is 3.29. The second-order valence-electron chi connectivity index (χ2n) is 1.90. The van der Waals surface area contributed by atoms with E-state index in [1.165, 1.54) is 0 Å². The van der Waals surface area contributed by atoms with Gasteiger partial charge in [0.2, 0.25) is 0 Å². The van der Waals surface area contributed by atoms with Gasteiger partial charge in [0, 0.05) is 5.88 Å². The lowest BCUT2D eigenvalue weighted by molar-refractivity contribution is 0.215. The first-order valence-electron chi connectivity index (χ1n) is 3.29. The number of hydrogen-bond acceptors (Lipinski definition) is 1. The van der Waals surface area contributed by atoms with E-state index in [0.717, 1.165) is 12.2 Å². The number of ether oxygens (including phenoxy) is 1. The van der Waals surface area contributed by atoms with Crippen molar-refractivity contribution >= 4 is 11.6 Å². The Morgan fingerprint density at radius 2 is 2.40 bits per heavy atom. The highest BCUT2D eigenvalue weighted by Crippen LogP contribution is 1.96. The Bertz CT molecular complexity index is 118. The summed E-state index contributed by atoms with van der Waals surface area (Å²) < 4.78 is 5.23. The molecular weight excluding hydrogens is 148 g/mol. The zero-order valence-electron chi connectivity index (χ0n) is 6.27. The zero-order valence-corrected chi connectivity index (χ0v) is 7.03. The summed E-state index contributed by atoms with van der Waals surface area (Å²) in [5.41, 5.74) is 0. The Labute approximate surface area is 67.3 Å². The molecule has 0 aliphatic carbocycles. The minimum Gasteiger partial charge on any atom is -0.498 e. The zero-order chi connectivity index (χ0) is 7.82. The smallest absolute Gasteiger partial charge is 0.0928 e. The fourth-order valence-corrected chi connectivity index (χ4v) is 0.611. The minimum absolute atomic E-state index is 0.654. The minimum atomic E-state index is 0.654. The Kier molecular flexibility index (Phi) is 6.40. The lowest BCUT2D eigenvalue weighted by Gasteiger charge is -2.02. The molecular formula is C8H13ClO. The molecule has 0 amide bonds. The Morgan fingerprint density at radius 3 is 2.90 bits per heavy atom. The van der Waals surface area contributed by atoms with E-state index in [2.05, 4.69) is 6.58 Å². The highest BCUT2D eigenvalue weighted by Gasteiger charge is 1.86. The molecule has 0 saturated carbocycles. The highest BCUT2D eigenvalue weighted by molar-refractivity contribution is 6.17. The van der Waals surface area contributed by atoms with Crippen molar-refractivity contribution in [2.24, 2.45) is 0 Å². The monoisotopic (exact) mass is 160 g/mol. The van der Waals surface area contributed by atoms with Crippen molar-refractivity contribution in [1.82, 2.24) is 0 Å². The van der Waals surface area contributed by atoms with Crippen LogP contribution in [0.25, 0.3) is 0 Å². The van der Waals surface area contributed by atoms with Crippen molar-refractivity contribution in [3.63, 3.8) is 0 Å². The summed E-state index contributed by atoms with van der Waals surface area (Å²) >= 11 is 5.44. The lowest BCUT2D eigenvalue weighted by Crippen LogP contribution is -1.92. The lowest BCUT2D eigenvalue weighted by atomic mass is 10.4. The van der Waals surface area contributed by atoms with Gasteiger partial charge in [0.25, 0.3) is 0 Å². The van der Waals surface area contributed by atoms with E-state index >= 15 is 0 Å². The molecule has 0 aromatic carbocycles. The number of rotatable bonds is 5. The fourth-order valence-electron chi connectivity index (χ4n) is 0.502. The molecule has 10 heavy (non-hydrogen) atoms. The van der Waals surface area contributed by atoms with E-state index in [0.29, 0.717) is 12.5 Å². The molecule has 1 nitrogen and oxygen atoms in total. The van der Waals surface area contributed by atoms with Crippen LogP contribution >= 0.6 is 11.6 Å². The van der Waals surface area contributed by atoms with Gasteiger partial charge in [0.15, 0.2) is 0 Å². The van der Waals surface area contributed by atoms with Crippen molar-refractivity contribution in [3.05, 3.63) is 24.5 Å². The van der Waals surface area contributed by atoms with E-state index in [4.69, 9.17) is 16.3 Å². The molecule has 0 spiro atoms. The van der Waals surface area contributed by atoms with E-state index in [9.17, 15) is 0 Å². The van der Waals surface area contributed by atoms with E-state index in [1.54, 1.807) is 6.08 Å². The van der Waals surface area contributed by atoms with Crippen molar-refractivity contribution in [3.8, 4) is 0 Å². The van der Waals surface area contributed by atoms with Crippen LogP contribution in [-0.4, -0.2) is 12.5 Å².